The minimum atomic E-state index is -4.65. The van der Waals surface area contributed by atoms with Crippen LogP contribution in [0.4, 0.5) is 18.9 Å². The SMILES string of the molecule is CCNC1CCN(c2cccc(OC(F)(F)F)c2)CC1C. The molecule has 0 bridgehead atoms. The predicted molar refractivity (Wildman–Crippen MR) is 76.6 cm³/mol. The van der Waals surface area contributed by atoms with Crippen molar-refractivity contribution in [2.75, 3.05) is 24.5 Å². The molecule has 0 aromatic heterocycles. The second-order valence-electron chi connectivity index (χ2n) is 5.42. The number of hydrogen-bond acceptors (Lipinski definition) is 3. The van der Waals surface area contributed by atoms with Crippen molar-refractivity contribution in [1.29, 1.82) is 0 Å². The second-order valence-corrected chi connectivity index (χ2v) is 5.42. The molecule has 1 aromatic rings. The molecular weight excluding hydrogens is 281 g/mol. The van der Waals surface area contributed by atoms with Crippen LogP contribution in [0.25, 0.3) is 0 Å². The molecule has 21 heavy (non-hydrogen) atoms. The molecule has 0 saturated carbocycles. The minimum absolute atomic E-state index is 0.165. The molecule has 6 heteroatoms. The van der Waals surface area contributed by atoms with E-state index < -0.39 is 6.36 Å². The van der Waals surface area contributed by atoms with Gasteiger partial charge < -0.3 is 15.0 Å². The molecule has 2 unspecified atom stereocenters. The topological polar surface area (TPSA) is 24.5 Å². The number of halogens is 3. The summed E-state index contributed by atoms with van der Waals surface area (Å²) in [6, 6.07) is 6.67. The van der Waals surface area contributed by atoms with Crippen molar-refractivity contribution in [3.8, 4) is 5.75 Å². The molecule has 0 spiro atoms. The highest BCUT2D eigenvalue weighted by atomic mass is 19.4. The Labute approximate surface area is 123 Å². The van der Waals surface area contributed by atoms with Crippen molar-refractivity contribution in [3.05, 3.63) is 24.3 Å². The van der Waals surface area contributed by atoms with Crippen molar-refractivity contribution in [2.24, 2.45) is 5.92 Å². The lowest BCUT2D eigenvalue weighted by molar-refractivity contribution is -0.274. The van der Waals surface area contributed by atoms with E-state index in [0.29, 0.717) is 12.0 Å². The maximum absolute atomic E-state index is 12.3. The molecule has 0 aliphatic carbocycles. The minimum Gasteiger partial charge on any atom is -0.406 e. The summed E-state index contributed by atoms with van der Waals surface area (Å²) in [6.07, 6.45) is -3.66. The predicted octanol–water partition coefficient (Wildman–Crippen LogP) is 3.41. The van der Waals surface area contributed by atoms with Crippen LogP contribution in [0.2, 0.25) is 0 Å². The molecule has 1 N–H and O–H groups in total. The third kappa shape index (κ3) is 4.52. The van der Waals surface area contributed by atoms with Gasteiger partial charge in [0.15, 0.2) is 0 Å². The van der Waals surface area contributed by atoms with Crippen LogP contribution in [0.3, 0.4) is 0 Å². The van der Waals surface area contributed by atoms with Crippen LogP contribution in [0, 0.1) is 5.92 Å². The zero-order chi connectivity index (χ0) is 15.5. The highest BCUT2D eigenvalue weighted by Gasteiger charge is 2.31. The zero-order valence-electron chi connectivity index (χ0n) is 12.3. The quantitative estimate of drug-likeness (QED) is 0.922. The first-order valence-electron chi connectivity index (χ1n) is 7.23. The molecule has 0 radical (unpaired) electrons. The van der Waals surface area contributed by atoms with Gasteiger partial charge in [-0.05, 0) is 31.0 Å². The lowest BCUT2D eigenvalue weighted by Gasteiger charge is -2.38. The lowest BCUT2D eigenvalue weighted by Crippen LogP contribution is -2.48. The van der Waals surface area contributed by atoms with E-state index in [-0.39, 0.29) is 5.75 Å². The van der Waals surface area contributed by atoms with Crippen LogP contribution in [-0.2, 0) is 0 Å². The van der Waals surface area contributed by atoms with Crippen molar-refractivity contribution in [1.82, 2.24) is 5.32 Å². The van der Waals surface area contributed by atoms with E-state index in [4.69, 9.17) is 0 Å². The molecule has 1 heterocycles. The van der Waals surface area contributed by atoms with Crippen LogP contribution in [-0.4, -0.2) is 32.0 Å². The maximum Gasteiger partial charge on any atom is 0.573 e. The van der Waals surface area contributed by atoms with E-state index in [0.717, 1.165) is 31.7 Å². The average molecular weight is 302 g/mol. The molecule has 1 saturated heterocycles. The summed E-state index contributed by atoms with van der Waals surface area (Å²) < 4.78 is 40.8. The summed E-state index contributed by atoms with van der Waals surface area (Å²) in [5.41, 5.74) is 0.776. The van der Waals surface area contributed by atoms with E-state index in [9.17, 15) is 13.2 Å². The van der Waals surface area contributed by atoms with Gasteiger partial charge >= 0.3 is 6.36 Å². The Morgan fingerprint density at radius 1 is 1.38 bits per heavy atom. The second kappa shape index (κ2) is 6.56. The number of nitrogens with one attached hydrogen (secondary N) is 1. The Morgan fingerprint density at radius 2 is 2.14 bits per heavy atom. The smallest absolute Gasteiger partial charge is 0.406 e. The Kier molecular flexibility index (Phi) is 4.98. The van der Waals surface area contributed by atoms with Gasteiger partial charge in [0.25, 0.3) is 0 Å². The Balaban J connectivity index is 2.04. The van der Waals surface area contributed by atoms with Crippen LogP contribution in [0.1, 0.15) is 20.3 Å². The number of rotatable bonds is 4. The number of nitrogens with zero attached hydrogens (tertiary/aromatic N) is 1. The fourth-order valence-corrected chi connectivity index (χ4v) is 2.82. The number of piperidine rings is 1. The van der Waals surface area contributed by atoms with Crippen LogP contribution < -0.4 is 15.0 Å². The lowest BCUT2D eigenvalue weighted by atomic mass is 9.93. The van der Waals surface area contributed by atoms with Gasteiger partial charge in [0, 0.05) is 30.9 Å². The molecule has 118 valence electrons. The number of alkyl halides is 3. The van der Waals surface area contributed by atoms with Crippen LogP contribution >= 0.6 is 0 Å². The normalized spacial score (nSPS) is 23.2. The van der Waals surface area contributed by atoms with Gasteiger partial charge in [-0.1, -0.05) is 19.9 Å². The molecule has 1 aliphatic heterocycles. The Hall–Kier alpha value is -1.43. The molecule has 1 aromatic carbocycles. The first-order chi connectivity index (χ1) is 9.89. The fraction of sp³-hybridized carbons (Fsp3) is 0.600. The zero-order valence-corrected chi connectivity index (χ0v) is 12.3. The van der Waals surface area contributed by atoms with Crippen LogP contribution in [0.5, 0.6) is 5.75 Å². The third-order valence-corrected chi connectivity index (χ3v) is 3.79. The monoisotopic (exact) mass is 302 g/mol. The van der Waals surface area contributed by atoms with Gasteiger partial charge in [-0.3, -0.25) is 0 Å². The van der Waals surface area contributed by atoms with Gasteiger partial charge in [-0.25, -0.2) is 0 Å². The van der Waals surface area contributed by atoms with Crippen LogP contribution in [0.15, 0.2) is 24.3 Å². The number of ether oxygens (including phenoxy) is 1. The molecular formula is C15H21F3N2O. The number of hydrogen-bond donors (Lipinski definition) is 1. The van der Waals surface area contributed by atoms with Crippen molar-refractivity contribution < 1.29 is 17.9 Å². The third-order valence-electron chi connectivity index (χ3n) is 3.79. The number of benzene rings is 1. The largest absolute Gasteiger partial charge is 0.573 e. The van der Waals surface area contributed by atoms with Crippen molar-refractivity contribution in [2.45, 2.75) is 32.7 Å². The van der Waals surface area contributed by atoms with Crippen molar-refractivity contribution in [3.63, 3.8) is 0 Å². The van der Waals surface area contributed by atoms with E-state index in [2.05, 4.69) is 28.8 Å². The Morgan fingerprint density at radius 3 is 2.76 bits per heavy atom. The summed E-state index contributed by atoms with van der Waals surface area (Å²) >= 11 is 0. The van der Waals surface area contributed by atoms with E-state index in [1.54, 1.807) is 6.07 Å². The van der Waals surface area contributed by atoms with Gasteiger partial charge in [-0.2, -0.15) is 0 Å². The van der Waals surface area contributed by atoms with Gasteiger partial charge in [0.1, 0.15) is 5.75 Å². The first kappa shape index (κ1) is 15.9. The average Bonchev–Trinajstić information content (AvgIpc) is 2.39. The molecule has 1 aliphatic rings. The molecule has 1 fully saturated rings. The fourth-order valence-electron chi connectivity index (χ4n) is 2.82. The Bertz CT molecular complexity index is 464. The van der Waals surface area contributed by atoms with E-state index >= 15 is 0 Å². The molecule has 2 atom stereocenters. The highest BCUT2D eigenvalue weighted by molar-refractivity contribution is 5.51. The van der Waals surface area contributed by atoms with E-state index in [1.165, 1.54) is 12.1 Å². The summed E-state index contributed by atoms with van der Waals surface area (Å²) in [5.74, 6) is 0.285. The number of anilines is 1. The summed E-state index contributed by atoms with van der Waals surface area (Å²) in [7, 11) is 0. The summed E-state index contributed by atoms with van der Waals surface area (Å²) in [5, 5.41) is 3.45. The van der Waals surface area contributed by atoms with E-state index in [1.807, 2.05) is 6.07 Å². The highest BCUT2D eigenvalue weighted by Crippen LogP contribution is 2.29. The molecule has 0 amide bonds. The first-order valence-corrected chi connectivity index (χ1v) is 7.23. The van der Waals surface area contributed by atoms with Crippen molar-refractivity contribution >= 4 is 5.69 Å². The maximum atomic E-state index is 12.3. The molecule has 2 rings (SSSR count). The van der Waals surface area contributed by atoms with Gasteiger partial charge in [-0.15, -0.1) is 13.2 Å². The van der Waals surface area contributed by atoms with Gasteiger partial charge in [0.05, 0.1) is 0 Å². The van der Waals surface area contributed by atoms with Gasteiger partial charge in [0.2, 0.25) is 0 Å². The standard InChI is InChI=1S/C15H21F3N2O/c1-3-19-14-7-8-20(10-11(14)2)12-5-4-6-13(9-12)21-15(16,17)18/h4-6,9,11,14,19H,3,7-8,10H2,1-2H3. The molecule has 3 nitrogen and oxygen atoms in total. The summed E-state index contributed by atoms with van der Waals surface area (Å²) in [6.45, 7) is 6.83. The summed E-state index contributed by atoms with van der Waals surface area (Å²) in [4.78, 5) is 2.11.